The van der Waals surface area contributed by atoms with Crippen LogP contribution in [-0.2, 0) is 25.7 Å². The fourth-order valence-corrected chi connectivity index (χ4v) is 5.28. The second-order valence-electron chi connectivity index (χ2n) is 9.39. The summed E-state index contributed by atoms with van der Waals surface area (Å²) in [5, 5.41) is 6.03. The van der Waals surface area contributed by atoms with Crippen LogP contribution in [0.15, 0.2) is 54.6 Å². The number of urea groups is 1. The van der Waals surface area contributed by atoms with E-state index in [2.05, 4.69) is 10.6 Å². The minimum atomic E-state index is -1.41. The molecule has 2 aromatic carbocycles. The third-order valence-corrected chi connectivity index (χ3v) is 7.20. The van der Waals surface area contributed by atoms with Crippen molar-refractivity contribution in [2.45, 2.75) is 32.0 Å². The van der Waals surface area contributed by atoms with Gasteiger partial charge in [0.05, 0.1) is 32.6 Å². The number of amides is 4. The number of nitrogens with zero attached hydrogens (tertiary/aromatic N) is 2. The number of carbonyl (C=O) groups excluding carboxylic acids is 4. The highest BCUT2D eigenvalue weighted by Gasteiger charge is 2.66. The molecule has 4 atom stereocenters. The summed E-state index contributed by atoms with van der Waals surface area (Å²) in [6, 6.07) is 15.1. The van der Waals surface area contributed by atoms with Gasteiger partial charge in [-0.2, -0.15) is 0 Å². The normalized spacial score (nSPS) is 24.5. The number of rotatable bonds is 8. The van der Waals surface area contributed by atoms with E-state index >= 15 is 0 Å². The summed E-state index contributed by atoms with van der Waals surface area (Å²) in [6.07, 6.45) is 0. The van der Waals surface area contributed by atoms with E-state index in [9.17, 15) is 19.2 Å². The number of hydrogen-bond acceptors (Lipinski definition) is 7. The maximum Gasteiger partial charge on any atom is 0.326 e. The Morgan fingerprint density at radius 1 is 1.05 bits per heavy atom. The number of imide groups is 1. The molecule has 2 saturated heterocycles. The lowest BCUT2D eigenvalue weighted by Gasteiger charge is -2.30. The van der Waals surface area contributed by atoms with Crippen molar-refractivity contribution in [3.8, 4) is 5.75 Å². The van der Waals surface area contributed by atoms with E-state index in [4.69, 9.17) is 9.47 Å². The standard InChI is InChI=1S/C27H32N4O6/c1-5-30(26(35)28-18-11-13-19(36-3)14-12-18)16-20-21-22(27(2,29-20)25(34)37-4)24(33)31(23(21)32)15-17-9-7-6-8-10-17/h6-14,20-22,29H,5,15-16H2,1-4H3,(H,28,35)/t20-,21+,22-,27-/m1/s1. The smallest absolute Gasteiger partial charge is 0.326 e. The number of fused-ring (bicyclic) bond motifs is 1. The number of carbonyl (C=O) groups is 4. The molecular weight excluding hydrogens is 476 g/mol. The van der Waals surface area contributed by atoms with Crippen LogP contribution in [0.5, 0.6) is 5.75 Å². The lowest BCUT2D eigenvalue weighted by atomic mass is 9.81. The molecule has 2 aliphatic rings. The zero-order chi connectivity index (χ0) is 26.7. The quantitative estimate of drug-likeness (QED) is 0.415. The largest absolute Gasteiger partial charge is 0.497 e. The second-order valence-corrected chi connectivity index (χ2v) is 9.39. The van der Waals surface area contributed by atoms with E-state index in [1.807, 2.05) is 37.3 Å². The molecule has 10 heteroatoms. The number of likely N-dealkylation sites (tertiary alicyclic amines) is 1. The van der Waals surface area contributed by atoms with E-state index in [1.165, 1.54) is 12.0 Å². The summed E-state index contributed by atoms with van der Waals surface area (Å²) >= 11 is 0. The molecule has 4 amide bonds. The maximum absolute atomic E-state index is 13.6. The molecule has 196 valence electrons. The topological polar surface area (TPSA) is 117 Å². The Kier molecular flexibility index (Phi) is 7.49. The van der Waals surface area contributed by atoms with Crippen molar-refractivity contribution in [3.63, 3.8) is 0 Å². The van der Waals surface area contributed by atoms with Crippen LogP contribution in [0.3, 0.4) is 0 Å². The van der Waals surface area contributed by atoms with Crippen LogP contribution in [0.25, 0.3) is 0 Å². The first kappa shape index (κ1) is 26.2. The summed E-state index contributed by atoms with van der Waals surface area (Å²) < 4.78 is 10.2. The summed E-state index contributed by atoms with van der Waals surface area (Å²) in [7, 11) is 2.81. The van der Waals surface area contributed by atoms with E-state index in [1.54, 1.807) is 43.2 Å². The van der Waals surface area contributed by atoms with Crippen molar-refractivity contribution in [2.75, 3.05) is 32.6 Å². The van der Waals surface area contributed by atoms with Gasteiger partial charge in [0.15, 0.2) is 0 Å². The summed E-state index contributed by atoms with van der Waals surface area (Å²) in [4.78, 5) is 55.8. The highest BCUT2D eigenvalue weighted by Crippen LogP contribution is 2.44. The molecule has 37 heavy (non-hydrogen) atoms. The highest BCUT2D eigenvalue weighted by atomic mass is 16.5. The Hall–Kier alpha value is -3.92. The first-order valence-corrected chi connectivity index (χ1v) is 12.2. The SMILES string of the molecule is CCN(C[C@H]1N[C@@](C)(C(=O)OC)[C@H]2C(=O)N(Cc3ccccc3)C(=O)[C@@H]12)C(=O)Nc1ccc(OC)cc1. The number of nitrogens with one attached hydrogen (secondary N) is 2. The predicted molar refractivity (Wildman–Crippen MR) is 136 cm³/mol. The number of hydrogen-bond donors (Lipinski definition) is 2. The van der Waals surface area contributed by atoms with Crippen LogP contribution in [0.4, 0.5) is 10.5 Å². The Morgan fingerprint density at radius 2 is 1.73 bits per heavy atom. The van der Waals surface area contributed by atoms with Crippen molar-refractivity contribution < 1.29 is 28.7 Å². The van der Waals surface area contributed by atoms with Crippen molar-refractivity contribution >= 4 is 29.5 Å². The number of esters is 1. The van der Waals surface area contributed by atoms with Gasteiger partial charge in [-0.05, 0) is 43.7 Å². The molecule has 0 saturated carbocycles. The molecular formula is C27H32N4O6. The van der Waals surface area contributed by atoms with Gasteiger partial charge in [-0.25, -0.2) is 4.79 Å². The Bertz CT molecular complexity index is 1170. The second kappa shape index (κ2) is 10.6. The molecule has 0 spiro atoms. The number of benzene rings is 2. The fourth-order valence-electron chi connectivity index (χ4n) is 5.28. The molecule has 4 rings (SSSR count). The molecule has 2 aromatic rings. The van der Waals surface area contributed by atoms with Gasteiger partial charge in [0.25, 0.3) is 0 Å². The number of anilines is 1. The first-order chi connectivity index (χ1) is 17.7. The zero-order valence-corrected chi connectivity index (χ0v) is 21.4. The number of likely N-dealkylation sites (N-methyl/N-ethyl adjacent to an activating group) is 1. The molecule has 0 aromatic heterocycles. The van der Waals surface area contributed by atoms with E-state index in [0.29, 0.717) is 18.0 Å². The summed E-state index contributed by atoms with van der Waals surface area (Å²) in [6.45, 7) is 3.99. The van der Waals surface area contributed by atoms with Gasteiger partial charge in [-0.1, -0.05) is 30.3 Å². The van der Waals surface area contributed by atoms with Crippen LogP contribution in [0, 0.1) is 11.8 Å². The van der Waals surface area contributed by atoms with Gasteiger partial charge in [0.2, 0.25) is 11.8 Å². The third-order valence-electron chi connectivity index (χ3n) is 7.20. The Labute approximate surface area is 215 Å². The number of ether oxygens (including phenoxy) is 2. The molecule has 0 radical (unpaired) electrons. The lowest BCUT2D eigenvalue weighted by Crippen LogP contribution is -2.56. The molecule has 2 heterocycles. The van der Waals surface area contributed by atoms with Gasteiger partial charge in [0.1, 0.15) is 11.3 Å². The Balaban J connectivity index is 1.57. The van der Waals surface area contributed by atoms with E-state index in [-0.39, 0.29) is 25.0 Å². The van der Waals surface area contributed by atoms with Gasteiger partial charge >= 0.3 is 12.0 Å². The van der Waals surface area contributed by atoms with Gasteiger partial charge in [-0.15, -0.1) is 0 Å². The third kappa shape index (κ3) is 4.89. The van der Waals surface area contributed by atoms with Crippen LogP contribution in [-0.4, -0.2) is 72.5 Å². The minimum absolute atomic E-state index is 0.116. The maximum atomic E-state index is 13.6. The molecule has 0 unspecified atom stereocenters. The predicted octanol–water partition coefficient (Wildman–Crippen LogP) is 2.25. The van der Waals surface area contributed by atoms with Crippen molar-refractivity contribution in [2.24, 2.45) is 11.8 Å². The van der Waals surface area contributed by atoms with Crippen molar-refractivity contribution in [1.29, 1.82) is 0 Å². The molecule has 2 fully saturated rings. The average molecular weight is 509 g/mol. The van der Waals surface area contributed by atoms with Crippen molar-refractivity contribution in [3.05, 3.63) is 60.2 Å². The van der Waals surface area contributed by atoms with E-state index < -0.39 is 35.3 Å². The fraction of sp³-hybridized carbons (Fsp3) is 0.407. The minimum Gasteiger partial charge on any atom is -0.497 e. The summed E-state index contributed by atoms with van der Waals surface area (Å²) in [5.41, 5.74) is -0.0155. The average Bonchev–Trinajstić information content (AvgIpc) is 3.35. The van der Waals surface area contributed by atoms with Gasteiger partial charge < -0.3 is 19.7 Å². The van der Waals surface area contributed by atoms with Gasteiger partial charge in [-0.3, -0.25) is 24.6 Å². The molecule has 0 bridgehead atoms. The Morgan fingerprint density at radius 3 is 2.32 bits per heavy atom. The zero-order valence-electron chi connectivity index (χ0n) is 21.4. The molecule has 2 aliphatic heterocycles. The van der Waals surface area contributed by atoms with Crippen LogP contribution >= 0.6 is 0 Å². The monoisotopic (exact) mass is 508 g/mol. The van der Waals surface area contributed by atoms with E-state index in [0.717, 1.165) is 5.56 Å². The first-order valence-electron chi connectivity index (χ1n) is 12.2. The lowest BCUT2D eigenvalue weighted by molar-refractivity contribution is -0.153. The summed E-state index contributed by atoms with van der Waals surface area (Å²) in [5.74, 6) is -2.51. The highest BCUT2D eigenvalue weighted by molar-refractivity contribution is 6.09. The van der Waals surface area contributed by atoms with Crippen LogP contribution in [0.2, 0.25) is 0 Å². The van der Waals surface area contributed by atoms with Gasteiger partial charge in [0, 0.05) is 24.8 Å². The molecule has 0 aliphatic carbocycles. The molecule has 2 N–H and O–H groups in total. The number of methoxy groups -OCH3 is 2. The van der Waals surface area contributed by atoms with Crippen LogP contribution in [0.1, 0.15) is 19.4 Å². The molecule has 10 nitrogen and oxygen atoms in total. The van der Waals surface area contributed by atoms with Crippen LogP contribution < -0.4 is 15.4 Å². The van der Waals surface area contributed by atoms with Crippen molar-refractivity contribution in [1.82, 2.24) is 15.1 Å².